The fraction of sp³-hybridized carbons (Fsp3) is 0.238. The average molecular weight is 458 g/mol. The lowest BCUT2D eigenvalue weighted by Crippen LogP contribution is -2.41. The molecule has 2 aromatic rings. The number of carbonyl (C=O) groups excluding carboxylic acids is 1. The Morgan fingerprint density at radius 1 is 1.25 bits per heavy atom. The molecule has 0 spiro atoms. The molecule has 4 rings (SSSR count). The summed E-state index contributed by atoms with van der Waals surface area (Å²) in [6.45, 7) is 10.4. The zero-order valence-electron chi connectivity index (χ0n) is 15.4. The van der Waals surface area contributed by atoms with Gasteiger partial charge in [-0.15, -0.1) is 11.8 Å². The van der Waals surface area contributed by atoms with Crippen LogP contribution in [-0.2, 0) is 10.5 Å². The minimum absolute atomic E-state index is 0.0423. The minimum Gasteiger partial charge on any atom is -0.378 e. The maximum Gasteiger partial charge on any atom is 0.274 e. The van der Waals surface area contributed by atoms with E-state index in [4.69, 9.17) is 9.84 Å². The summed E-state index contributed by atoms with van der Waals surface area (Å²) < 4.78 is 8.05. The Balaban J connectivity index is 1.90. The molecule has 1 aromatic carbocycles. The van der Waals surface area contributed by atoms with E-state index in [-0.39, 0.29) is 5.91 Å². The molecule has 28 heavy (non-hydrogen) atoms. The van der Waals surface area contributed by atoms with Gasteiger partial charge in [-0.25, -0.2) is 4.68 Å². The molecule has 0 saturated carbocycles. The topological polar surface area (TPSA) is 47.4 Å². The molecule has 0 unspecified atom stereocenters. The zero-order valence-corrected chi connectivity index (χ0v) is 17.8. The van der Waals surface area contributed by atoms with Crippen molar-refractivity contribution in [3.63, 3.8) is 0 Å². The van der Waals surface area contributed by atoms with E-state index in [2.05, 4.69) is 29.1 Å². The van der Waals surface area contributed by atoms with E-state index < -0.39 is 0 Å². The summed E-state index contributed by atoms with van der Waals surface area (Å²) in [5, 5.41) is 4.77. The Morgan fingerprint density at radius 3 is 2.61 bits per heavy atom. The highest BCUT2D eigenvalue weighted by Crippen LogP contribution is 2.44. The van der Waals surface area contributed by atoms with E-state index in [0.717, 1.165) is 31.9 Å². The summed E-state index contributed by atoms with van der Waals surface area (Å²) in [6.07, 6.45) is 1.82. The van der Waals surface area contributed by atoms with Gasteiger partial charge in [0.25, 0.3) is 5.91 Å². The van der Waals surface area contributed by atoms with Gasteiger partial charge in [-0.2, -0.15) is 5.10 Å². The number of carbonyl (C=O) groups is 1. The first-order chi connectivity index (χ1) is 13.6. The van der Waals surface area contributed by atoms with E-state index in [1.165, 1.54) is 0 Å². The van der Waals surface area contributed by atoms with Crippen molar-refractivity contribution < 1.29 is 9.53 Å². The van der Waals surface area contributed by atoms with Gasteiger partial charge in [-0.05, 0) is 12.1 Å². The molecule has 1 saturated heterocycles. The number of hydrogen-bond donors (Lipinski definition) is 0. The summed E-state index contributed by atoms with van der Waals surface area (Å²) in [7, 11) is 0. The van der Waals surface area contributed by atoms with Crippen LogP contribution in [0.1, 0.15) is 21.7 Å². The van der Waals surface area contributed by atoms with Crippen LogP contribution in [0, 0.1) is 0 Å². The number of fused-ring (bicyclic) bond motifs is 1. The number of allylic oxidation sites excluding steroid dienone is 3. The Bertz CT molecular complexity index is 975. The van der Waals surface area contributed by atoms with E-state index in [1.54, 1.807) is 11.8 Å². The van der Waals surface area contributed by atoms with Crippen LogP contribution in [-0.4, -0.2) is 46.9 Å². The summed E-state index contributed by atoms with van der Waals surface area (Å²) in [4.78, 5) is 16.1. The van der Waals surface area contributed by atoms with Crippen LogP contribution in [0.4, 0.5) is 0 Å². The summed E-state index contributed by atoms with van der Waals surface area (Å²) in [5.41, 5.74) is 4.20. The number of hydrogen-bond acceptors (Lipinski definition) is 4. The molecule has 1 amide bonds. The maximum atomic E-state index is 13.2. The molecule has 2 aliphatic heterocycles. The lowest BCUT2D eigenvalue weighted by Gasteiger charge is -2.26. The first-order valence-corrected chi connectivity index (χ1v) is 10.8. The van der Waals surface area contributed by atoms with E-state index >= 15 is 0 Å². The van der Waals surface area contributed by atoms with Gasteiger partial charge in [0, 0.05) is 39.4 Å². The Hall–Kier alpha value is -2.09. The van der Waals surface area contributed by atoms with Gasteiger partial charge in [0.1, 0.15) is 0 Å². The molecule has 0 bridgehead atoms. The molecule has 0 radical (unpaired) electrons. The maximum absolute atomic E-state index is 13.2. The average Bonchev–Trinajstić information content (AvgIpc) is 3.13. The largest absolute Gasteiger partial charge is 0.378 e. The molecule has 3 heterocycles. The first kappa shape index (κ1) is 19.2. The van der Waals surface area contributed by atoms with Gasteiger partial charge >= 0.3 is 0 Å². The fourth-order valence-electron chi connectivity index (χ4n) is 3.45. The van der Waals surface area contributed by atoms with Crippen molar-refractivity contribution in [1.82, 2.24) is 14.7 Å². The summed E-state index contributed by atoms with van der Waals surface area (Å²) >= 11 is 5.16. The van der Waals surface area contributed by atoms with Crippen molar-refractivity contribution in [1.29, 1.82) is 0 Å². The van der Waals surface area contributed by atoms with Gasteiger partial charge < -0.3 is 9.64 Å². The predicted molar refractivity (Wildman–Crippen MR) is 117 cm³/mol. The molecular formula is C21H20BrN3O2S. The van der Waals surface area contributed by atoms with Crippen LogP contribution < -0.4 is 0 Å². The van der Waals surface area contributed by atoms with E-state index in [0.29, 0.717) is 37.8 Å². The normalized spacial score (nSPS) is 16.7. The van der Waals surface area contributed by atoms with Gasteiger partial charge in [0.05, 0.1) is 24.6 Å². The van der Waals surface area contributed by atoms with Crippen molar-refractivity contribution in [3.8, 4) is 5.69 Å². The monoisotopic (exact) mass is 457 g/mol. The molecule has 2 aliphatic rings. The van der Waals surface area contributed by atoms with Gasteiger partial charge in [-0.1, -0.05) is 53.4 Å². The molecule has 1 fully saturated rings. The Kier molecular flexibility index (Phi) is 5.57. The number of morpholine rings is 1. The SMILES string of the molecule is C=CC1=C(C(=C)Br)SCc2c(C(=O)N3CCOCC3)nn(-c3ccccc3)c21. The molecule has 7 heteroatoms. The second-order valence-corrected chi connectivity index (χ2v) is 8.41. The molecule has 144 valence electrons. The molecule has 0 N–H and O–H groups in total. The predicted octanol–water partition coefficient (Wildman–Crippen LogP) is 4.40. The summed E-state index contributed by atoms with van der Waals surface area (Å²) in [5.74, 6) is 0.615. The second kappa shape index (κ2) is 8.11. The smallest absolute Gasteiger partial charge is 0.274 e. The lowest BCUT2D eigenvalue weighted by molar-refractivity contribution is 0.0298. The van der Waals surface area contributed by atoms with E-state index in [9.17, 15) is 4.79 Å². The van der Waals surface area contributed by atoms with Crippen molar-refractivity contribution in [2.24, 2.45) is 0 Å². The number of rotatable bonds is 4. The number of aromatic nitrogens is 2. The number of ether oxygens (including phenoxy) is 1. The minimum atomic E-state index is -0.0423. The highest BCUT2D eigenvalue weighted by molar-refractivity contribution is 9.12. The molecular weight excluding hydrogens is 438 g/mol. The third-order valence-electron chi connectivity index (χ3n) is 4.80. The van der Waals surface area contributed by atoms with E-state index in [1.807, 2.05) is 46.0 Å². The third kappa shape index (κ3) is 3.38. The van der Waals surface area contributed by atoms with Crippen molar-refractivity contribution in [2.45, 2.75) is 5.75 Å². The van der Waals surface area contributed by atoms with Crippen LogP contribution in [0.25, 0.3) is 11.3 Å². The second-order valence-electron chi connectivity index (χ2n) is 6.47. The van der Waals surface area contributed by atoms with Crippen LogP contribution in [0.5, 0.6) is 0 Å². The fourth-order valence-corrected chi connectivity index (χ4v) is 5.06. The summed E-state index contributed by atoms with van der Waals surface area (Å²) in [6, 6.07) is 9.87. The Morgan fingerprint density at radius 2 is 1.96 bits per heavy atom. The van der Waals surface area contributed by atoms with Crippen LogP contribution >= 0.6 is 27.7 Å². The van der Waals surface area contributed by atoms with Crippen LogP contribution in [0.15, 0.2) is 59.0 Å². The third-order valence-corrected chi connectivity index (χ3v) is 6.64. The van der Waals surface area contributed by atoms with Gasteiger partial charge in [-0.3, -0.25) is 4.79 Å². The number of thioether (sulfide) groups is 1. The zero-order chi connectivity index (χ0) is 19.7. The van der Waals surface area contributed by atoms with Crippen molar-refractivity contribution in [3.05, 3.63) is 75.9 Å². The lowest BCUT2D eigenvalue weighted by atomic mass is 10.0. The molecule has 0 aliphatic carbocycles. The highest BCUT2D eigenvalue weighted by Gasteiger charge is 2.32. The number of halogens is 1. The van der Waals surface area contributed by atoms with Crippen molar-refractivity contribution >= 4 is 39.2 Å². The number of amides is 1. The Labute approximate surface area is 176 Å². The molecule has 5 nitrogen and oxygen atoms in total. The van der Waals surface area contributed by atoms with Crippen molar-refractivity contribution in [2.75, 3.05) is 26.3 Å². The number of para-hydroxylation sites is 1. The van der Waals surface area contributed by atoms with Crippen LogP contribution in [0.3, 0.4) is 0 Å². The van der Waals surface area contributed by atoms with Gasteiger partial charge in [0.15, 0.2) is 5.69 Å². The number of benzene rings is 1. The standard InChI is InChI=1S/C21H20BrN3O2S/c1-3-16-19-17(13-28-20(16)14(2)22)18(21(26)24-9-11-27-12-10-24)23-25(19)15-7-5-4-6-8-15/h3-8H,1-2,9-13H2. The van der Waals surface area contributed by atoms with Gasteiger partial charge in [0.2, 0.25) is 0 Å². The first-order valence-electron chi connectivity index (χ1n) is 9.00. The van der Waals surface area contributed by atoms with Crippen LogP contribution in [0.2, 0.25) is 0 Å². The number of nitrogens with zero attached hydrogens (tertiary/aromatic N) is 3. The molecule has 1 aromatic heterocycles. The molecule has 0 atom stereocenters. The quantitative estimate of drug-likeness (QED) is 0.682. The highest BCUT2D eigenvalue weighted by atomic mass is 79.9.